The number of amides is 1. The van der Waals surface area contributed by atoms with Gasteiger partial charge in [0.1, 0.15) is 10.9 Å². The largest absolute Gasteiger partial charge is 0.387 e. The van der Waals surface area contributed by atoms with Crippen molar-refractivity contribution < 1.29 is 9.90 Å². The van der Waals surface area contributed by atoms with Crippen LogP contribution in [0.2, 0.25) is 0 Å². The zero-order chi connectivity index (χ0) is 16.2. The van der Waals surface area contributed by atoms with E-state index in [0.717, 1.165) is 0 Å². The molecule has 0 saturated carbocycles. The summed E-state index contributed by atoms with van der Waals surface area (Å²) in [6.45, 7) is 5.93. The van der Waals surface area contributed by atoms with Gasteiger partial charge in [-0.1, -0.05) is 0 Å². The number of hydrogen-bond donors (Lipinski definition) is 2. The summed E-state index contributed by atoms with van der Waals surface area (Å²) in [5, 5.41) is 13.7. The molecule has 1 amide bonds. The third kappa shape index (κ3) is 5.26. The quantitative estimate of drug-likeness (QED) is 0.599. The van der Waals surface area contributed by atoms with E-state index in [1.54, 1.807) is 20.8 Å². The Labute approximate surface area is 130 Å². The lowest BCUT2D eigenvalue weighted by Crippen LogP contribution is -2.47. The number of aliphatic hydroxyl groups is 1. The molecule has 0 aliphatic carbocycles. The van der Waals surface area contributed by atoms with Gasteiger partial charge in [0.25, 0.3) is 5.91 Å². The molecule has 1 aromatic rings. The number of nitrogens with zero attached hydrogens (tertiary/aromatic N) is 3. The van der Waals surface area contributed by atoms with E-state index >= 15 is 0 Å². The van der Waals surface area contributed by atoms with Crippen LogP contribution in [0.4, 0.5) is 0 Å². The van der Waals surface area contributed by atoms with Crippen molar-refractivity contribution in [1.82, 2.24) is 20.2 Å². The second-order valence-corrected chi connectivity index (χ2v) is 6.45. The standard InChI is InChI=1S/C14H24N4O2S/c1-9-11(13(21-6)17-10(2)16-9)12(19)15-7-14(3,20)8-18(4)5/h20H,7-8H2,1-6H3,(H,15,19). The summed E-state index contributed by atoms with van der Waals surface area (Å²) >= 11 is 1.41. The SMILES string of the molecule is CSc1nc(C)nc(C)c1C(=O)NCC(C)(O)CN(C)C. The molecule has 2 N–H and O–H groups in total. The minimum Gasteiger partial charge on any atom is -0.387 e. The highest BCUT2D eigenvalue weighted by molar-refractivity contribution is 7.98. The Balaban J connectivity index is 2.86. The number of carbonyl (C=O) groups excluding carboxylic acids is 1. The van der Waals surface area contributed by atoms with E-state index in [-0.39, 0.29) is 12.5 Å². The van der Waals surface area contributed by atoms with Gasteiger partial charge in [0.2, 0.25) is 0 Å². The van der Waals surface area contributed by atoms with Gasteiger partial charge >= 0.3 is 0 Å². The highest BCUT2D eigenvalue weighted by Crippen LogP contribution is 2.20. The molecule has 1 aromatic heterocycles. The average Bonchev–Trinajstić information content (AvgIpc) is 2.33. The van der Waals surface area contributed by atoms with Crippen molar-refractivity contribution in [1.29, 1.82) is 0 Å². The molecule has 0 fully saturated rings. The van der Waals surface area contributed by atoms with E-state index in [2.05, 4.69) is 15.3 Å². The van der Waals surface area contributed by atoms with Gasteiger partial charge in [-0.15, -0.1) is 11.8 Å². The van der Waals surface area contributed by atoms with Gasteiger partial charge in [-0.25, -0.2) is 9.97 Å². The summed E-state index contributed by atoms with van der Waals surface area (Å²) in [7, 11) is 3.75. The number of rotatable bonds is 6. The third-order valence-corrected chi connectivity index (χ3v) is 3.56. The Bertz CT molecular complexity index is 518. The maximum atomic E-state index is 12.4. The lowest BCUT2D eigenvalue weighted by atomic mass is 10.1. The van der Waals surface area contributed by atoms with Gasteiger partial charge in [-0.05, 0) is 41.1 Å². The molecule has 0 aromatic carbocycles. The first kappa shape index (κ1) is 17.9. The minimum absolute atomic E-state index is 0.172. The second kappa shape index (κ2) is 7.20. The highest BCUT2D eigenvalue weighted by atomic mass is 32.2. The fourth-order valence-corrected chi connectivity index (χ4v) is 2.85. The predicted octanol–water partition coefficient (Wildman–Crippen LogP) is 0.858. The average molecular weight is 312 g/mol. The molecule has 21 heavy (non-hydrogen) atoms. The molecule has 1 atom stereocenters. The van der Waals surface area contributed by atoms with Crippen LogP contribution in [0.1, 0.15) is 28.8 Å². The summed E-state index contributed by atoms with van der Waals surface area (Å²) in [5.41, 5.74) is 0.142. The number of thioether (sulfide) groups is 1. The number of aryl methyl sites for hydroxylation is 2. The number of aromatic nitrogens is 2. The summed E-state index contributed by atoms with van der Waals surface area (Å²) in [6, 6.07) is 0. The Kier molecular flexibility index (Phi) is 6.12. The number of nitrogens with one attached hydrogen (secondary N) is 1. The van der Waals surface area contributed by atoms with Crippen LogP contribution in [0.15, 0.2) is 5.03 Å². The molecule has 0 radical (unpaired) electrons. The number of carbonyl (C=O) groups is 1. The van der Waals surface area contributed by atoms with Crippen molar-refractivity contribution in [2.24, 2.45) is 0 Å². The Morgan fingerprint density at radius 2 is 2.00 bits per heavy atom. The van der Waals surface area contributed by atoms with Crippen LogP contribution in [-0.4, -0.2) is 64.9 Å². The van der Waals surface area contributed by atoms with Crippen molar-refractivity contribution in [3.63, 3.8) is 0 Å². The Morgan fingerprint density at radius 3 is 2.52 bits per heavy atom. The molecule has 0 aliphatic heterocycles. The van der Waals surface area contributed by atoms with E-state index in [1.807, 2.05) is 25.3 Å². The molecule has 0 bridgehead atoms. The third-order valence-electron chi connectivity index (χ3n) is 2.88. The van der Waals surface area contributed by atoms with Crippen molar-refractivity contribution in [3.05, 3.63) is 17.1 Å². The van der Waals surface area contributed by atoms with Crippen LogP contribution in [-0.2, 0) is 0 Å². The lowest BCUT2D eigenvalue weighted by Gasteiger charge is -2.27. The first-order valence-corrected chi connectivity index (χ1v) is 7.93. The lowest BCUT2D eigenvalue weighted by molar-refractivity contribution is 0.0325. The van der Waals surface area contributed by atoms with Crippen molar-refractivity contribution >= 4 is 17.7 Å². The maximum Gasteiger partial charge on any atom is 0.255 e. The number of likely N-dealkylation sites (N-methyl/N-ethyl adjacent to an activating group) is 1. The van der Waals surface area contributed by atoms with Crippen LogP contribution in [0.25, 0.3) is 0 Å². The summed E-state index contributed by atoms with van der Waals surface area (Å²) in [5.74, 6) is 0.392. The molecule has 0 spiro atoms. The van der Waals surface area contributed by atoms with Gasteiger partial charge in [-0.3, -0.25) is 4.79 Å². The van der Waals surface area contributed by atoms with Crippen molar-refractivity contribution in [2.45, 2.75) is 31.4 Å². The monoisotopic (exact) mass is 312 g/mol. The van der Waals surface area contributed by atoms with E-state index in [9.17, 15) is 9.90 Å². The first-order chi connectivity index (χ1) is 9.66. The normalized spacial score (nSPS) is 14.1. The maximum absolute atomic E-state index is 12.4. The topological polar surface area (TPSA) is 78.3 Å². The summed E-state index contributed by atoms with van der Waals surface area (Å²) in [4.78, 5) is 22.8. The first-order valence-electron chi connectivity index (χ1n) is 6.71. The fraction of sp³-hybridized carbons (Fsp3) is 0.643. The number of hydrogen-bond acceptors (Lipinski definition) is 6. The van der Waals surface area contributed by atoms with Gasteiger partial charge in [0.05, 0.1) is 16.9 Å². The molecule has 0 aliphatic rings. The zero-order valence-corrected chi connectivity index (χ0v) is 14.3. The Hall–Kier alpha value is -1.18. The molecule has 6 nitrogen and oxygen atoms in total. The van der Waals surface area contributed by atoms with Crippen LogP contribution in [0.3, 0.4) is 0 Å². The molecular weight excluding hydrogens is 288 g/mol. The van der Waals surface area contributed by atoms with E-state index in [0.29, 0.717) is 28.7 Å². The summed E-state index contributed by atoms with van der Waals surface area (Å²) < 4.78 is 0. The zero-order valence-electron chi connectivity index (χ0n) is 13.5. The van der Waals surface area contributed by atoms with Crippen LogP contribution in [0.5, 0.6) is 0 Å². The van der Waals surface area contributed by atoms with Gasteiger partial charge < -0.3 is 15.3 Å². The van der Waals surface area contributed by atoms with Gasteiger partial charge in [-0.2, -0.15) is 0 Å². The highest BCUT2D eigenvalue weighted by Gasteiger charge is 2.24. The fourth-order valence-electron chi connectivity index (χ4n) is 2.19. The van der Waals surface area contributed by atoms with E-state index < -0.39 is 5.60 Å². The van der Waals surface area contributed by atoms with Crippen LogP contribution in [0, 0.1) is 13.8 Å². The van der Waals surface area contributed by atoms with E-state index in [1.165, 1.54) is 11.8 Å². The molecule has 1 rings (SSSR count). The molecule has 1 unspecified atom stereocenters. The minimum atomic E-state index is -0.988. The molecule has 0 saturated heterocycles. The van der Waals surface area contributed by atoms with Crippen molar-refractivity contribution in [2.75, 3.05) is 33.4 Å². The molecule has 7 heteroatoms. The Morgan fingerprint density at radius 1 is 1.38 bits per heavy atom. The van der Waals surface area contributed by atoms with Crippen LogP contribution < -0.4 is 5.32 Å². The molecule has 118 valence electrons. The molecular formula is C14H24N4O2S. The molecule has 1 heterocycles. The van der Waals surface area contributed by atoms with E-state index in [4.69, 9.17) is 0 Å². The van der Waals surface area contributed by atoms with Gasteiger partial charge in [0, 0.05) is 13.1 Å². The predicted molar refractivity (Wildman–Crippen MR) is 84.8 cm³/mol. The van der Waals surface area contributed by atoms with Crippen LogP contribution >= 0.6 is 11.8 Å². The van der Waals surface area contributed by atoms with Gasteiger partial charge in [0.15, 0.2) is 0 Å². The second-order valence-electron chi connectivity index (χ2n) is 5.66. The summed E-state index contributed by atoms with van der Waals surface area (Å²) in [6.07, 6.45) is 1.88. The van der Waals surface area contributed by atoms with Crippen molar-refractivity contribution in [3.8, 4) is 0 Å². The smallest absolute Gasteiger partial charge is 0.255 e.